The number of thioether (sulfide) groups is 1. The lowest BCUT2D eigenvalue weighted by Crippen LogP contribution is -2.23. The van der Waals surface area contributed by atoms with E-state index in [1.54, 1.807) is 6.92 Å². The van der Waals surface area contributed by atoms with Crippen molar-refractivity contribution in [2.75, 3.05) is 5.32 Å². The van der Waals surface area contributed by atoms with Gasteiger partial charge in [-0.2, -0.15) is 0 Å². The first-order chi connectivity index (χ1) is 14.1. The van der Waals surface area contributed by atoms with Crippen LogP contribution in [0.5, 0.6) is 0 Å². The third kappa shape index (κ3) is 4.87. The van der Waals surface area contributed by atoms with Gasteiger partial charge in [0.15, 0.2) is 11.0 Å². The van der Waals surface area contributed by atoms with Crippen molar-refractivity contribution in [1.29, 1.82) is 0 Å². The highest BCUT2D eigenvalue weighted by Crippen LogP contribution is 2.29. The number of rotatable bonds is 5. The van der Waals surface area contributed by atoms with Crippen LogP contribution in [-0.4, -0.2) is 25.9 Å². The molecule has 0 aliphatic heterocycles. The van der Waals surface area contributed by atoms with E-state index in [1.165, 1.54) is 23.4 Å². The second-order valence-corrected chi connectivity index (χ2v) is 9.37. The molecule has 0 aliphatic rings. The summed E-state index contributed by atoms with van der Waals surface area (Å²) < 4.78 is 28.6. The van der Waals surface area contributed by atoms with Crippen molar-refractivity contribution in [3.8, 4) is 11.4 Å². The highest BCUT2D eigenvalue weighted by Gasteiger charge is 2.21. The number of amides is 1. The normalized spacial score (nSPS) is 12.6. The first-order valence-electron chi connectivity index (χ1n) is 9.49. The number of halogens is 2. The number of nitrogens with one attached hydrogen (secondary N) is 1. The second kappa shape index (κ2) is 8.55. The molecule has 3 rings (SSSR count). The molecule has 158 valence electrons. The van der Waals surface area contributed by atoms with Crippen LogP contribution < -0.4 is 5.32 Å². The Labute approximate surface area is 178 Å². The minimum atomic E-state index is -0.819. The molecular weight excluding hydrogens is 406 g/mol. The molecule has 1 aromatic heterocycles. The van der Waals surface area contributed by atoms with Gasteiger partial charge in [-0.3, -0.25) is 4.79 Å². The lowest BCUT2D eigenvalue weighted by Gasteiger charge is -2.19. The number of hydrogen-bond acceptors (Lipinski definition) is 4. The molecule has 1 heterocycles. The first-order valence-corrected chi connectivity index (χ1v) is 10.4. The average molecular weight is 431 g/mol. The molecule has 1 unspecified atom stereocenters. The molecule has 1 atom stereocenters. The van der Waals surface area contributed by atoms with Crippen LogP contribution >= 0.6 is 11.8 Å². The molecule has 0 saturated heterocycles. The largest absolute Gasteiger partial charge is 0.323 e. The van der Waals surface area contributed by atoms with E-state index in [0.29, 0.717) is 11.0 Å². The Hall–Kier alpha value is -2.74. The van der Waals surface area contributed by atoms with E-state index < -0.39 is 22.8 Å². The van der Waals surface area contributed by atoms with Gasteiger partial charge < -0.3 is 9.88 Å². The molecule has 5 nitrogen and oxygen atoms in total. The van der Waals surface area contributed by atoms with E-state index in [1.807, 2.05) is 23.7 Å². The van der Waals surface area contributed by atoms with Crippen molar-refractivity contribution < 1.29 is 13.6 Å². The standard InChI is InChI=1S/C22H24F2N4OS/c1-13(20(29)25-18-11-10-16(23)12-17(18)24)30-21-27-26-19(28(21)5)14-6-8-15(9-7-14)22(2,3)4/h6-13H,1-5H3,(H,25,29). The van der Waals surface area contributed by atoms with Crippen LogP contribution in [0.1, 0.15) is 33.3 Å². The van der Waals surface area contributed by atoms with Gasteiger partial charge in [-0.15, -0.1) is 10.2 Å². The maximum Gasteiger partial charge on any atom is 0.237 e. The second-order valence-electron chi connectivity index (χ2n) is 8.07. The summed E-state index contributed by atoms with van der Waals surface area (Å²) >= 11 is 1.21. The molecule has 0 fully saturated rings. The fourth-order valence-corrected chi connectivity index (χ4v) is 3.64. The minimum absolute atomic E-state index is 0.0617. The predicted molar refractivity (Wildman–Crippen MR) is 115 cm³/mol. The summed E-state index contributed by atoms with van der Waals surface area (Å²) in [4.78, 5) is 12.4. The highest BCUT2D eigenvalue weighted by atomic mass is 32.2. The molecular formula is C22H24F2N4OS. The zero-order valence-electron chi connectivity index (χ0n) is 17.5. The van der Waals surface area contributed by atoms with Crippen molar-refractivity contribution in [2.45, 2.75) is 43.5 Å². The monoisotopic (exact) mass is 430 g/mol. The van der Waals surface area contributed by atoms with Crippen LogP contribution in [-0.2, 0) is 17.3 Å². The fourth-order valence-electron chi connectivity index (χ4n) is 2.83. The fraction of sp³-hybridized carbons (Fsp3) is 0.318. The molecule has 8 heteroatoms. The molecule has 1 amide bonds. The Balaban J connectivity index is 1.71. The SMILES string of the molecule is CC(Sc1nnc(-c2ccc(C(C)(C)C)cc2)n1C)C(=O)Nc1ccc(F)cc1F. The van der Waals surface area contributed by atoms with Crippen molar-refractivity contribution >= 4 is 23.4 Å². The smallest absolute Gasteiger partial charge is 0.237 e. The number of hydrogen-bond donors (Lipinski definition) is 1. The minimum Gasteiger partial charge on any atom is -0.323 e. The Morgan fingerprint density at radius 3 is 2.37 bits per heavy atom. The van der Waals surface area contributed by atoms with Crippen molar-refractivity contribution in [1.82, 2.24) is 14.8 Å². The van der Waals surface area contributed by atoms with Gasteiger partial charge in [0.2, 0.25) is 5.91 Å². The van der Waals surface area contributed by atoms with Crippen molar-refractivity contribution in [3.63, 3.8) is 0 Å². The number of carbonyl (C=O) groups is 1. The van der Waals surface area contributed by atoms with Gasteiger partial charge in [0.05, 0.1) is 10.9 Å². The Morgan fingerprint density at radius 2 is 1.77 bits per heavy atom. The molecule has 0 spiro atoms. The third-order valence-corrected chi connectivity index (χ3v) is 5.82. The van der Waals surface area contributed by atoms with E-state index >= 15 is 0 Å². The van der Waals surface area contributed by atoms with Gasteiger partial charge in [0.1, 0.15) is 11.6 Å². The Kier molecular flexibility index (Phi) is 6.26. The van der Waals surface area contributed by atoms with Gasteiger partial charge in [0.25, 0.3) is 0 Å². The maximum atomic E-state index is 13.8. The molecule has 3 aromatic rings. The summed E-state index contributed by atoms with van der Waals surface area (Å²) in [5.41, 5.74) is 2.15. The zero-order chi connectivity index (χ0) is 22.1. The molecule has 30 heavy (non-hydrogen) atoms. The molecule has 2 aromatic carbocycles. The lowest BCUT2D eigenvalue weighted by molar-refractivity contribution is -0.115. The van der Waals surface area contributed by atoms with Gasteiger partial charge >= 0.3 is 0 Å². The van der Waals surface area contributed by atoms with Crippen molar-refractivity contribution in [3.05, 3.63) is 59.7 Å². The Bertz CT molecular complexity index is 1060. The maximum absolute atomic E-state index is 13.8. The summed E-state index contributed by atoms with van der Waals surface area (Å²) in [5.74, 6) is -1.24. The first kappa shape index (κ1) is 22.0. The van der Waals surface area contributed by atoms with Gasteiger partial charge in [-0.05, 0) is 30.0 Å². The molecule has 0 radical (unpaired) electrons. The number of aromatic nitrogens is 3. The summed E-state index contributed by atoms with van der Waals surface area (Å²) in [6.45, 7) is 8.16. The molecule has 1 N–H and O–H groups in total. The molecule has 0 bridgehead atoms. The average Bonchev–Trinajstić information content (AvgIpc) is 3.03. The topological polar surface area (TPSA) is 59.8 Å². The quantitative estimate of drug-likeness (QED) is 0.567. The van der Waals surface area contributed by atoms with Gasteiger partial charge in [0, 0.05) is 18.7 Å². The Morgan fingerprint density at radius 1 is 1.10 bits per heavy atom. The number of benzene rings is 2. The number of anilines is 1. The van der Waals surface area contributed by atoms with Crippen LogP contribution in [0.25, 0.3) is 11.4 Å². The van der Waals surface area contributed by atoms with Gasteiger partial charge in [-0.1, -0.05) is 56.8 Å². The zero-order valence-corrected chi connectivity index (χ0v) is 18.3. The van der Waals surface area contributed by atoms with Crippen LogP contribution in [0.3, 0.4) is 0 Å². The molecule has 0 saturated carbocycles. The predicted octanol–water partition coefficient (Wildman–Crippen LogP) is 5.18. The summed E-state index contributed by atoms with van der Waals surface area (Å²) in [6, 6.07) is 11.2. The van der Waals surface area contributed by atoms with E-state index in [4.69, 9.17) is 0 Å². The highest BCUT2D eigenvalue weighted by molar-refractivity contribution is 8.00. The van der Waals surface area contributed by atoms with E-state index in [0.717, 1.165) is 17.7 Å². The summed E-state index contributed by atoms with van der Waals surface area (Å²) in [7, 11) is 1.83. The van der Waals surface area contributed by atoms with Crippen LogP contribution in [0, 0.1) is 11.6 Å². The van der Waals surface area contributed by atoms with Crippen molar-refractivity contribution in [2.24, 2.45) is 7.05 Å². The summed E-state index contributed by atoms with van der Waals surface area (Å²) in [5, 5.41) is 10.9. The summed E-state index contributed by atoms with van der Waals surface area (Å²) in [6.07, 6.45) is 0. The third-order valence-electron chi connectivity index (χ3n) is 4.68. The lowest BCUT2D eigenvalue weighted by atomic mass is 9.87. The van der Waals surface area contributed by atoms with Crippen LogP contribution in [0.4, 0.5) is 14.5 Å². The van der Waals surface area contributed by atoms with E-state index in [-0.39, 0.29) is 11.1 Å². The van der Waals surface area contributed by atoms with E-state index in [2.05, 4.69) is 48.4 Å². The van der Waals surface area contributed by atoms with Crippen LogP contribution in [0.15, 0.2) is 47.6 Å². The van der Waals surface area contributed by atoms with Gasteiger partial charge in [-0.25, -0.2) is 8.78 Å². The van der Waals surface area contributed by atoms with Crippen LogP contribution in [0.2, 0.25) is 0 Å². The number of nitrogens with zero attached hydrogens (tertiary/aromatic N) is 3. The van der Waals surface area contributed by atoms with E-state index in [9.17, 15) is 13.6 Å². The number of carbonyl (C=O) groups excluding carboxylic acids is 1. The molecule has 0 aliphatic carbocycles.